The van der Waals surface area contributed by atoms with Crippen LogP contribution in [0.1, 0.15) is 35.7 Å². The lowest BCUT2D eigenvalue weighted by molar-refractivity contribution is -0.363. The number of aryl methyl sites for hydroxylation is 2. The highest BCUT2D eigenvalue weighted by atomic mass is 32.1. The van der Waals surface area contributed by atoms with Crippen LogP contribution in [0.4, 0.5) is 8.63 Å². The average molecular weight is 330 g/mol. The minimum atomic E-state index is -3.87. The first-order valence-electron chi connectivity index (χ1n) is 7.65. The van der Waals surface area contributed by atoms with Crippen LogP contribution in [0.15, 0.2) is 40.9 Å². The van der Waals surface area contributed by atoms with E-state index in [4.69, 9.17) is 0 Å². The van der Waals surface area contributed by atoms with Gasteiger partial charge in [0.1, 0.15) is 5.71 Å². The highest BCUT2D eigenvalue weighted by Gasteiger charge is 2.55. The lowest BCUT2D eigenvalue weighted by atomic mass is 9.85. The van der Waals surface area contributed by atoms with Crippen molar-refractivity contribution in [1.29, 1.82) is 0 Å². The summed E-state index contributed by atoms with van der Waals surface area (Å²) < 4.78 is 33.1. The van der Waals surface area contributed by atoms with Crippen molar-refractivity contribution in [1.82, 2.24) is 4.48 Å². The Morgan fingerprint density at radius 3 is 2.57 bits per heavy atom. The standard InChI is InChI=1S/C17H17BF2N2S/c1-10-8-12(3)21-16(10)15(14-6-5-7-23-14)17-11(2)9-13(4)22(17)18(21,19)20/h5-9H,1-4H3. The van der Waals surface area contributed by atoms with E-state index in [-0.39, 0.29) is 0 Å². The van der Waals surface area contributed by atoms with Gasteiger partial charge in [0, 0.05) is 29.1 Å². The quantitative estimate of drug-likeness (QED) is 0.676. The van der Waals surface area contributed by atoms with Crippen molar-refractivity contribution in [3.05, 3.63) is 62.8 Å². The van der Waals surface area contributed by atoms with E-state index in [1.165, 1.54) is 8.96 Å². The van der Waals surface area contributed by atoms with Crippen LogP contribution >= 0.6 is 11.3 Å². The summed E-state index contributed by atoms with van der Waals surface area (Å²) in [6.07, 6.45) is 1.86. The number of rotatable bonds is 1. The second-order valence-electron chi connectivity index (χ2n) is 6.32. The van der Waals surface area contributed by atoms with Gasteiger partial charge in [-0.25, -0.2) is 0 Å². The van der Waals surface area contributed by atoms with Crippen LogP contribution < -0.4 is 0 Å². The van der Waals surface area contributed by atoms with Gasteiger partial charge in [-0.1, -0.05) is 6.07 Å². The number of halogens is 2. The molecule has 118 valence electrons. The van der Waals surface area contributed by atoms with Gasteiger partial charge >= 0.3 is 6.97 Å². The van der Waals surface area contributed by atoms with E-state index in [0.717, 1.165) is 21.6 Å². The summed E-state index contributed by atoms with van der Waals surface area (Å²) in [5, 5.41) is 1.99. The number of hydrogen-bond acceptors (Lipinski definition) is 1. The van der Waals surface area contributed by atoms with Crippen molar-refractivity contribution in [2.45, 2.75) is 27.7 Å². The highest BCUT2D eigenvalue weighted by molar-refractivity contribution is 7.11. The molecule has 2 aromatic rings. The van der Waals surface area contributed by atoms with Crippen molar-refractivity contribution in [3.8, 4) is 0 Å². The lowest BCUT2D eigenvalue weighted by Gasteiger charge is -2.33. The molecule has 0 amide bonds. The van der Waals surface area contributed by atoms with E-state index in [1.54, 1.807) is 25.2 Å². The first kappa shape index (κ1) is 14.6. The molecule has 2 aliphatic rings. The van der Waals surface area contributed by atoms with Crippen LogP contribution in [-0.4, -0.2) is 21.6 Å². The molecule has 0 atom stereocenters. The zero-order valence-corrected chi connectivity index (χ0v) is 14.3. The summed E-state index contributed by atoms with van der Waals surface area (Å²) >= 11 is 1.59. The van der Waals surface area contributed by atoms with Crippen LogP contribution in [-0.2, 0) is 0 Å². The molecule has 4 rings (SSSR count). The molecule has 4 heterocycles. The number of fused-ring (bicyclic) bond motifs is 2. The van der Waals surface area contributed by atoms with Crippen molar-refractivity contribution >= 4 is 29.6 Å². The van der Waals surface area contributed by atoms with Gasteiger partial charge in [-0.05, 0) is 49.5 Å². The van der Waals surface area contributed by atoms with Gasteiger partial charge in [0.25, 0.3) is 0 Å². The summed E-state index contributed by atoms with van der Waals surface area (Å²) in [5.41, 5.74) is 5.24. The molecule has 0 unspecified atom stereocenters. The number of allylic oxidation sites excluding steroid dienone is 2. The molecule has 2 aliphatic heterocycles. The van der Waals surface area contributed by atoms with Gasteiger partial charge in [0.2, 0.25) is 0 Å². The summed E-state index contributed by atoms with van der Waals surface area (Å²) in [5.74, 6) is 0. The average Bonchev–Trinajstić information content (AvgIpc) is 3.12. The molecule has 0 bridgehead atoms. The number of nitrogens with zero attached hydrogens (tertiary/aromatic N) is 2. The zero-order chi connectivity index (χ0) is 16.5. The summed E-state index contributed by atoms with van der Waals surface area (Å²) in [6.45, 7) is 3.48. The topological polar surface area (TPSA) is 7.94 Å². The predicted molar refractivity (Wildman–Crippen MR) is 92.3 cm³/mol. The molecule has 0 fully saturated rings. The highest BCUT2D eigenvalue weighted by Crippen LogP contribution is 2.44. The lowest BCUT2D eigenvalue weighted by Crippen LogP contribution is -2.51. The molecular weight excluding hydrogens is 313 g/mol. The summed E-state index contributed by atoms with van der Waals surface area (Å²) in [6, 6.07) is 5.83. The zero-order valence-electron chi connectivity index (χ0n) is 13.5. The fraction of sp³-hybridized carbons (Fsp3) is 0.235. The minimum absolute atomic E-state index is 0.605. The van der Waals surface area contributed by atoms with Gasteiger partial charge in [-0.2, -0.15) is 0 Å². The second-order valence-corrected chi connectivity index (χ2v) is 7.26. The molecule has 0 aromatic carbocycles. The van der Waals surface area contributed by atoms with Gasteiger partial charge in [0.15, 0.2) is 5.70 Å². The minimum Gasteiger partial charge on any atom is -0.393 e. The molecule has 6 heteroatoms. The normalized spacial score (nSPS) is 19.1. The molecular formula is C17H17BF2N2S. The van der Waals surface area contributed by atoms with Gasteiger partial charge in [-0.15, -0.1) is 11.3 Å². The molecule has 2 aromatic heterocycles. The Hall–Kier alpha value is -1.95. The van der Waals surface area contributed by atoms with Crippen LogP contribution in [0.2, 0.25) is 0 Å². The molecule has 23 heavy (non-hydrogen) atoms. The molecule has 0 radical (unpaired) electrons. The number of thiophene rings is 1. The Morgan fingerprint density at radius 2 is 1.91 bits per heavy atom. The number of hydrogen-bond donors (Lipinski definition) is 0. The van der Waals surface area contributed by atoms with Crippen LogP contribution in [0.3, 0.4) is 0 Å². The molecule has 0 saturated carbocycles. The van der Waals surface area contributed by atoms with Crippen LogP contribution in [0.5, 0.6) is 0 Å². The molecule has 0 saturated heterocycles. The third kappa shape index (κ3) is 1.75. The molecule has 0 N–H and O–H groups in total. The first-order chi connectivity index (χ1) is 10.8. The number of aromatic nitrogens is 1. The van der Waals surface area contributed by atoms with Crippen molar-refractivity contribution < 1.29 is 13.1 Å². The Balaban J connectivity index is 2.20. The van der Waals surface area contributed by atoms with Crippen molar-refractivity contribution in [2.75, 3.05) is 0 Å². The van der Waals surface area contributed by atoms with E-state index in [9.17, 15) is 0 Å². The monoisotopic (exact) mass is 330 g/mol. The van der Waals surface area contributed by atoms with E-state index in [2.05, 4.69) is 0 Å². The fourth-order valence-electron chi connectivity index (χ4n) is 3.95. The van der Waals surface area contributed by atoms with Crippen LogP contribution in [0, 0.1) is 13.8 Å². The third-order valence-corrected chi connectivity index (χ3v) is 5.59. The van der Waals surface area contributed by atoms with E-state index in [1.807, 2.05) is 43.5 Å². The SMILES string of the molecule is CC1=CC(C)=[N+]2C1=C(c1cccs1)c1c(C)cc(C)n1[B-]2(F)F. The van der Waals surface area contributed by atoms with E-state index in [0.29, 0.717) is 22.8 Å². The summed E-state index contributed by atoms with van der Waals surface area (Å²) in [4.78, 5) is 1.03. The maximum atomic E-state index is 15.3. The summed E-state index contributed by atoms with van der Waals surface area (Å²) in [7, 11) is 0. The first-order valence-corrected chi connectivity index (χ1v) is 8.53. The molecule has 0 aliphatic carbocycles. The Morgan fingerprint density at radius 1 is 1.17 bits per heavy atom. The largest absolute Gasteiger partial charge is 0.737 e. The maximum Gasteiger partial charge on any atom is 0.737 e. The van der Waals surface area contributed by atoms with E-state index < -0.39 is 6.97 Å². The van der Waals surface area contributed by atoms with Crippen LogP contribution in [0.25, 0.3) is 5.57 Å². The smallest absolute Gasteiger partial charge is 0.393 e. The predicted octanol–water partition coefficient (Wildman–Crippen LogP) is 4.60. The van der Waals surface area contributed by atoms with Gasteiger partial charge in [0.05, 0.1) is 5.57 Å². The fourth-order valence-corrected chi connectivity index (χ4v) is 4.72. The maximum absolute atomic E-state index is 15.3. The Labute approximate surface area is 138 Å². The third-order valence-electron chi connectivity index (χ3n) is 4.70. The molecule has 2 nitrogen and oxygen atoms in total. The van der Waals surface area contributed by atoms with Crippen molar-refractivity contribution in [3.63, 3.8) is 0 Å². The van der Waals surface area contributed by atoms with Crippen molar-refractivity contribution in [2.24, 2.45) is 0 Å². The molecule has 0 spiro atoms. The second kappa shape index (κ2) is 4.54. The van der Waals surface area contributed by atoms with Gasteiger partial charge in [-0.3, -0.25) is 0 Å². The Kier molecular flexibility index (Phi) is 2.89. The van der Waals surface area contributed by atoms with E-state index >= 15 is 8.63 Å². The van der Waals surface area contributed by atoms with Gasteiger partial charge < -0.3 is 17.6 Å². The Bertz CT molecular complexity index is 930.